The predicted octanol–water partition coefficient (Wildman–Crippen LogP) is -0.112. The maximum atomic E-state index is 12.6. The van der Waals surface area contributed by atoms with Crippen molar-refractivity contribution in [2.75, 3.05) is 39.3 Å². The van der Waals surface area contributed by atoms with Gasteiger partial charge in [0.25, 0.3) is 5.91 Å². The number of piperazine rings is 1. The van der Waals surface area contributed by atoms with Crippen LogP contribution < -0.4 is 27.0 Å². The molecule has 1 heterocycles. The topological polar surface area (TPSA) is 164 Å². The Kier molecular flexibility index (Phi) is 11.5. The Morgan fingerprint density at radius 2 is 1.85 bits per heavy atom. The highest BCUT2D eigenvalue weighted by Crippen LogP contribution is 2.12. The van der Waals surface area contributed by atoms with Crippen LogP contribution in [0, 0.1) is 5.41 Å². The van der Waals surface area contributed by atoms with Gasteiger partial charge in [-0.3, -0.25) is 15.0 Å². The van der Waals surface area contributed by atoms with Crippen molar-refractivity contribution in [3.8, 4) is 0 Å². The molecule has 0 bridgehead atoms. The molecule has 181 valence electrons. The average Bonchev–Trinajstić information content (AvgIpc) is 2.81. The Hall–Kier alpha value is -3.34. The summed E-state index contributed by atoms with van der Waals surface area (Å²) in [7, 11) is 0. The molecule has 1 fully saturated rings. The number of carbonyl (C=O) groups is 3. The van der Waals surface area contributed by atoms with Gasteiger partial charge in [0.05, 0.1) is 6.54 Å². The molecule has 0 aliphatic carbocycles. The third-order valence-corrected chi connectivity index (χ3v) is 5.11. The van der Waals surface area contributed by atoms with E-state index in [9.17, 15) is 14.4 Å². The quantitative estimate of drug-likeness (QED) is 0.156. The molecule has 1 aliphatic rings. The van der Waals surface area contributed by atoms with Crippen LogP contribution in [0.4, 0.5) is 4.79 Å². The normalized spacial score (nSPS) is 15.5. The number of unbranched alkanes of at least 4 members (excludes halogenated alkanes) is 1. The first kappa shape index (κ1) is 25.9. The molecule has 6 N–H and O–H groups in total. The molecule has 1 aromatic rings. The van der Waals surface area contributed by atoms with Crippen molar-refractivity contribution in [1.29, 1.82) is 5.41 Å². The lowest BCUT2D eigenvalue weighted by atomic mass is 10.1. The molecule has 1 unspecified atom stereocenters. The maximum absolute atomic E-state index is 12.6. The van der Waals surface area contributed by atoms with Crippen LogP contribution in [0.25, 0.3) is 0 Å². The molecule has 2 rings (SSSR count). The van der Waals surface area contributed by atoms with Crippen LogP contribution in [0.3, 0.4) is 0 Å². The average molecular weight is 461 g/mol. The number of amides is 3. The van der Waals surface area contributed by atoms with Gasteiger partial charge in [0.2, 0.25) is 5.91 Å². The predicted molar refractivity (Wildman–Crippen MR) is 123 cm³/mol. The van der Waals surface area contributed by atoms with E-state index in [0.717, 1.165) is 31.5 Å². The van der Waals surface area contributed by atoms with Gasteiger partial charge >= 0.3 is 6.09 Å². The van der Waals surface area contributed by atoms with E-state index in [-0.39, 0.29) is 37.5 Å². The molecule has 33 heavy (non-hydrogen) atoms. The van der Waals surface area contributed by atoms with Crippen molar-refractivity contribution in [3.05, 3.63) is 35.9 Å². The van der Waals surface area contributed by atoms with Gasteiger partial charge in [-0.2, -0.15) is 0 Å². The van der Waals surface area contributed by atoms with E-state index >= 15 is 0 Å². The molecule has 11 nitrogen and oxygen atoms in total. The summed E-state index contributed by atoms with van der Waals surface area (Å²) in [6.45, 7) is 2.71. The van der Waals surface area contributed by atoms with Crippen LogP contribution >= 0.6 is 0 Å². The third kappa shape index (κ3) is 10.2. The summed E-state index contributed by atoms with van der Waals surface area (Å²) < 4.78 is 5.12. The lowest BCUT2D eigenvalue weighted by molar-refractivity contribution is -0.143. The van der Waals surface area contributed by atoms with Crippen molar-refractivity contribution >= 4 is 23.9 Å². The highest BCUT2D eigenvalue weighted by molar-refractivity contribution is 5.90. The summed E-state index contributed by atoms with van der Waals surface area (Å²) in [6.07, 6.45) is 2.38. The number of hydrogen-bond acceptors (Lipinski definition) is 6. The fourth-order valence-corrected chi connectivity index (χ4v) is 3.41. The van der Waals surface area contributed by atoms with Gasteiger partial charge in [-0.1, -0.05) is 30.3 Å². The molecule has 11 heteroatoms. The number of nitrogens with one attached hydrogen (secondary N) is 4. The minimum absolute atomic E-state index is 0.0242. The highest BCUT2D eigenvalue weighted by atomic mass is 16.5. The van der Waals surface area contributed by atoms with Crippen LogP contribution in [-0.4, -0.2) is 74.1 Å². The fourth-order valence-electron chi connectivity index (χ4n) is 3.41. The summed E-state index contributed by atoms with van der Waals surface area (Å²) >= 11 is 0. The zero-order valence-electron chi connectivity index (χ0n) is 18.8. The standard InChI is InChI=1S/C22H34N7O4/c23-21(24)27-12-5-4-10-25-11-6-9-18-20(31)26-13-14-29(18)19(30)15-28-22(32)33-16-17-7-2-1-3-8-17/h1-3,7-8,18,25H,4-6,9-16H2,(H,28,32)(H4,23,24,27). The van der Waals surface area contributed by atoms with Gasteiger partial charge in [-0.25, -0.2) is 10.1 Å². The second-order valence-corrected chi connectivity index (χ2v) is 7.68. The van der Waals surface area contributed by atoms with E-state index in [0.29, 0.717) is 25.9 Å². The molecule has 0 aromatic heterocycles. The van der Waals surface area contributed by atoms with Gasteiger partial charge in [0.15, 0.2) is 5.96 Å². The van der Waals surface area contributed by atoms with Crippen LogP contribution in [0.5, 0.6) is 0 Å². The Bertz CT molecular complexity index is 775. The number of nitrogens with two attached hydrogens (primary N) is 1. The molecule has 0 saturated carbocycles. The molecular formula is C22H34N7O4. The van der Waals surface area contributed by atoms with Crippen molar-refractivity contribution in [2.24, 2.45) is 5.73 Å². The Balaban J connectivity index is 1.65. The smallest absolute Gasteiger partial charge is 0.407 e. The molecule has 3 amide bonds. The van der Waals surface area contributed by atoms with Crippen molar-refractivity contribution in [1.82, 2.24) is 26.2 Å². The number of ether oxygens (including phenoxy) is 1. The largest absolute Gasteiger partial charge is 0.445 e. The second kappa shape index (κ2) is 14.7. The zero-order chi connectivity index (χ0) is 23.9. The van der Waals surface area contributed by atoms with Crippen molar-refractivity contribution in [2.45, 2.75) is 38.3 Å². The van der Waals surface area contributed by atoms with Crippen molar-refractivity contribution in [3.63, 3.8) is 0 Å². The van der Waals surface area contributed by atoms with Crippen LogP contribution in [0.15, 0.2) is 30.3 Å². The molecule has 1 saturated heterocycles. The number of guanidine groups is 1. The Morgan fingerprint density at radius 3 is 2.61 bits per heavy atom. The first-order chi connectivity index (χ1) is 16.0. The van der Waals surface area contributed by atoms with Gasteiger partial charge < -0.3 is 31.3 Å². The van der Waals surface area contributed by atoms with Crippen LogP contribution in [0.1, 0.15) is 31.2 Å². The van der Waals surface area contributed by atoms with E-state index in [2.05, 4.69) is 21.3 Å². The number of carbonyl (C=O) groups excluding carboxylic acids is 3. The lowest BCUT2D eigenvalue weighted by Gasteiger charge is -2.34. The van der Waals surface area contributed by atoms with E-state index in [1.54, 1.807) is 0 Å². The number of nitrogens with zero attached hydrogens (tertiary/aromatic N) is 2. The van der Waals surface area contributed by atoms with Crippen LogP contribution in [-0.2, 0) is 20.9 Å². The molecule has 1 aliphatic heterocycles. The molecular weight excluding hydrogens is 426 g/mol. The number of hydrogen-bond donors (Lipinski definition) is 5. The maximum Gasteiger partial charge on any atom is 0.407 e. The number of alkyl carbamates (subject to hydrolysis) is 1. The van der Waals surface area contributed by atoms with Gasteiger partial charge in [-0.15, -0.1) is 0 Å². The van der Waals surface area contributed by atoms with Crippen LogP contribution in [0.2, 0.25) is 0 Å². The third-order valence-electron chi connectivity index (χ3n) is 5.11. The monoisotopic (exact) mass is 460 g/mol. The lowest BCUT2D eigenvalue weighted by Crippen LogP contribution is -2.56. The first-order valence-electron chi connectivity index (χ1n) is 11.2. The second-order valence-electron chi connectivity index (χ2n) is 7.68. The van der Waals surface area contributed by atoms with E-state index in [1.165, 1.54) is 4.90 Å². The fraction of sp³-hybridized carbons (Fsp3) is 0.545. The number of rotatable bonds is 13. The van der Waals surface area contributed by atoms with Gasteiger partial charge in [-0.05, 0) is 44.3 Å². The minimum atomic E-state index is -0.681. The first-order valence-corrected chi connectivity index (χ1v) is 11.2. The van der Waals surface area contributed by atoms with E-state index in [1.807, 2.05) is 30.3 Å². The highest BCUT2D eigenvalue weighted by Gasteiger charge is 2.33. The van der Waals surface area contributed by atoms with Gasteiger partial charge in [0, 0.05) is 13.1 Å². The molecule has 1 aromatic carbocycles. The van der Waals surface area contributed by atoms with E-state index in [4.69, 9.17) is 15.9 Å². The SMILES string of the molecule is N=C(N)NCCCCNCCCC1C(=O)[N]CCN1C(=O)CNC(=O)OCc1ccccc1. The number of benzene rings is 1. The zero-order valence-corrected chi connectivity index (χ0v) is 18.8. The molecule has 1 atom stereocenters. The molecule has 0 spiro atoms. The molecule has 1 radical (unpaired) electrons. The van der Waals surface area contributed by atoms with E-state index < -0.39 is 12.1 Å². The Labute approximate surface area is 194 Å². The summed E-state index contributed by atoms with van der Waals surface area (Å²) in [5, 5.41) is 19.6. The minimum Gasteiger partial charge on any atom is -0.445 e. The summed E-state index contributed by atoms with van der Waals surface area (Å²) in [5.41, 5.74) is 6.07. The summed E-state index contributed by atoms with van der Waals surface area (Å²) in [4.78, 5) is 38.3. The van der Waals surface area contributed by atoms with Crippen molar-refractivity contribution < 1.29 is 19.1 Å². The van der Waals surface area contributed by atoms with Gasteiger partial charge in [0.1, 0.15) is 19.2 Å². The summed E-state index contributed by atoms with van der Waals surface area (Å²) in [5.74, 6) is -0.647. The summed E-state index contributed by atoms with van der Waals surface area (Å²) in [6, 6.07) is 8.65. The Morgan fingerprint density at radius 1 is 1.12 bits per heavy atom.